The molecule has 1 aliphatic heterocycles. The molecule has 5 nitrogen and oxygen atoms in total. The third-order valence-electron chi connectivity index (χ3n) is 6.90. The summed E-state index contributed by atoms with van der Waals surface area (Å²) in [5, 5.41) is 4.34. The van der Waals surface area contributed by atoms with Crippen molar-refractivity contribution in [1.29, 1.82) is 0 Å². The molecular formula is C29H29FN2O3S. The van der Waals surface area contributed by atoms with Crippen molar-refractivity contribution < 1.29 is 18.3 Å². The van der Waals surface area contributed by atoms with Crippen molar-refractivity contribution in [2.75, 3.05) is 11.9 Å². The van der Waals surface area contributed by atoms with Crippen LogP contribution in [-0.4, -0.2) is 12.5 Å². The number of benzene rings is 3. The summed E-state index contributed by atoms with van der Waals surface area (Å²) < 4.78 is 27.7. The molecule has 1 fully saturated rings. The molecule has 2 heterocycles. The fourth-order valence-electron chi connectivity index (χ4n) is 4.98. The number of hydrogen-bond donors (Lipinski definition) is 3. The molecule has 1 aromatic heterocycles. The van der Waals surface area contributed by atoms with Crippen LogP contribution in [0.15, 0.2) is 65.1 Å². The molecule has 7 heteroatoms. The zero-order chi connectivity index (χ0) is 25.3. The highest BCUT2D eigenvalue weighted by Gasteiger charge is 2.46. The van der Waals surface area contributed by atoms with Gasteiger partial charge in [-0.1, -0.05) is 26.7 Å². The number of rotatable bonds is 4. The van der Waals surface area contributed by atoms with Gasteiger partial charge in [0.25, 0.3) is 5.91 Å². The third kappa shape index (κ3) is 4.44. The van der Waals surface area contributed by atoms with Gasteiger partial charge in [0, 0.05) is 29.2 Å². The lowest BCUT2D eigenvalue weighted by atomic mass is 9.89. The van der Waals surface area contributed by atoms with E-state index in [2.05, 4.69) is 28.9 Å². The number of carbonyl (C=O) groups is 1. The van der Waals surface area contributed by atoms with E-state index in [9.17, 15) is 9.18 Å². The van der Waals surface area contributed by atoms with E-state index in [4.69, 9.17) is 9.15 Å². The first kappa shape index (κ1) is 24.3. The van der Waals surface area contributed by atoms with Crippen LogP contribution in [-0.2, 0) is 5.41 Å². The Labute approximate surface area is 215 Å². The van der Waals surface area contributed by atoms with E-state index >= 15 is 0 Å². The second-order valence-electron chi connectivity index (χ2n) is 9.03. The summed E-state index contributed by atoms with van der Waals surface area (Å²) in [6, 6.07) is 17.3. The number of halogens is 1. The molecular weight excluding hydrogens is 475 g/mol. The summed E-state index contributed by atoms with van der Waals surface area (Å²) in [4.78, 5) is 12.9. The maximum Gasteiger partial charge on any atom is 0.265 e. The molecule has 6 rings (SSSR count). The fourth-order valence-corrected chi connectivity index (χ4v) is 5.09. The molecule has 186 valence electrons. The Balaban J connectivity index is 0.00000130. The highest BCUT2D eigenvalue weighted by atomic mass is 32.1. The van der Waals surface area contributed by atoms with Gasteiger partial charge in [-0.25, -0.2) is 4.39 Å². The lowest BCUT2D eigenvalue weighted by Gasteiger charge is -2.15. The second-order valence-corrected chi connectivity index (χ2v) is 9.26. The molecule has 0 radical (unpaired) electrons. The summed E-state index contributed by atoms with van der Waals surface area (Å²) >= 11 is 4.03. The number of amides is 1. The molecule has 36 heavy (non-hydrogen) atoms. The van der Waals surface area contributed by atoms with Crippen LogP contribution in [0.3, 0.4) is 0 Å². The first-order valence-electron chi connectivity index (χ1n) is 12.4. The Morgan fingerprint density at radius 2 is 1.69 bits per heavy atom. The Hall–Kier alpha value is -3.45. The molecule has 3 aromatic carbocycles. The molecule has 1 saturated carbocycles. The monoisotopic (exact) mass is 504 g/mol. The Kier molecular flexibility index (Phi) is 6.67. The van der Waals surface area contributed by atoms with Gasteiger partial charge in [0.15, 0.2) is 0 Å². The zero-order valence-electron chi connectivity index (χ0n) is 20.4. The van der Waals surface area contributed by atoms with Crippen molar-refractivity contribution in [2.24, 2.45) is 0 Å². The van der Waals surface area contributed by atoms with E-state index in [1.54, 1.807) is 24.3 Å². The molecule has 0 saturated heterocycles. The van der Waals surface area contributed by atoms with Crippen molar-refractivity contribution >= 4 is 35.4 Å². The summed E-state index contributed by atoms with van der Waals surface area (Å²) in [6.07, 6.45) is 4.66. The van der Waals surface area contributed by atoms with E-state index in [-0.39, 0.29) is 17.1 Å². The fraction of sp³-hybridized carbons (Fsp3) is 0.276. The largest absolute Gasteiger partial charge is 0.457 e. The Bertz CT molecular complexity index is 1390. The molecule has 1 spiro atoms. The molecule has 0 bridgehead atoms. The average molecular weight is 505 g/mol. The van der Waals surface area contributed by atoms with E-state index in [1.807, 2.05) is 32.0 Å². The standard InChI is InChI=1S/C27H23FN2O3S.C2H6/c28-17-4-8-19(9-5-17)32-18-6-2-16(3-7-18)25-24(26(31)30-34)20-14-21-22(15-23(20)33-25)29-13-1-10-27(21)11-12-27;1-2/h2-9,14-15,29,34H,1,10-13H2,(H,30,31);1-2H3. The number of carbonyl (C=O) groups excluding carboxylic acids is 1. The van der Waals surface area contributed by atoms with Gasteiger partial charge in [-0.2, -0.15) is 0 Å². The summed E-state index contributed by atoms with van der Waals surface area (Å²) in [5.41, 5.74) is 4.49. The minimum atomic E-state index is -0.317. The van der Waals surface area contributed by atoms with Crippen molar-refractivity contribution in [3.05, 3.63) is 77.6 Å². The topological polar surface area (TPSA) is 63.5 Å². The second kappa shape index (κ2) is 9.90. The van der Waals surface area contributed by atoms with Gasteiger partial charge in [0.2, 0.25) is 0 Å². The van der Waals surface area contributed by atoms with Crippen molar-refractivity contribution in [3.63, 3.8) is 0 Å². The van der Waals surface area contributed by atoms with Crippen LogP contribution in [0.2, 0.25) is 0 Å². The molecule has 2 N–H and O–H groups in total. The number of furan rings is 1. The molecule has 1 amide bonds. The van der Waals surface area contributed by atoms with Gasteiger partial charge in [0.1, 0.15) is 28.7 Å². The van der Waals surface area contributed by atoms with Crippen LogP contribution in [0.5, 0.6) is 11.5 Å². The first-order chi connectivity index (χ1) is 17.6. The number of nitrogens with one attached hydrogen (secondary N) is 2. The summed E-state index contributed by atoms with van der Waals surface area (Å²) in [6.45, 7) is 4.94. The Morgan fingerprint density at radius 3 is 2.33 bits per heavy atom. The van der Waals surface area contributed by atoms with Crippen LogP contribution >= 0.6 is 12.8 Å². The number of thiol groups is 1. The third-order valence-corrected chi connectivity index (χ3v) is 7.10. The quantitative estimate of drug-likeness (QED) is 0.248. The SMILES string of the molecule is CC.O=C(NS)c1c(-c2ccc(Oc3ccc(F)cc3)cc2)oc2cc3c(cc12)C1(CCCN3)CC1. The van der Waals surface area contributed by atoms with Crippen LogP contribution < -0.4 is 14.8 Å². The number of fused-ring (bicyclic) bond motifs is 3. The van der Waals surface area contributed by atoms with Gasteiger partial charge in [0.05, 0.1) is 5.56 Å². The van der Waals surface area contributed by atoms with Crippen LogP contribution in [0, 0.1) is 5.82 Å². The number of ether oxygens (including phenoxy) is 1. The lowest BCUT2D eigenvalue weighted by Crippen LogP contribution is -2.13. The van der Waals surface area contributed by atoms with E-state index in [1.165, 1.54) is 30.5 Å². The van der Waals surface area contributed by atoms with E-state index < -0.39 is 0 Å². The maximum absolute atomic E-state index is 13.1. The Morgan fingerprint density at radius 1 is 1.03 bits per heavy atom. The normalized spacial score (nSPS) is 15.2. The minimum absolute atomic E-state index is 0.221. The van der Waals surface area contributed by atoms with Gasteiger partial charge in [-0.3, -0.25) is 9.52 Å². The van der Waals surface area contributed by atoms with Gasteiger partial charge in [-0.05, 0) is 91.3 Å². The molecule has 0 unspecified atom stereocenters. The van der Waals surface area contributed by atoms with Gasteiger partial charge >= 0.3 is 0 Å². The number of hydrogen-bond acceptors (Lipinski definition) is 5. The smallest absolute Gasteiger partial charge is 0.265 e. The van der Waals surface area contributed by atoms with E-state index in [0.717, 1.165) is 36.0 Å². The lowest BCUT2D eigenvalue weighted by molar-refractivity contribution is 0.0986. The molecule has 1 aliphatic carbocycles. The molecule has 4 aromatic rings. The van der Waals surface area contributed by atoms with E-state index in [0.29, 0.717) is 28.4 Å². The average Bonchev–Trinajstić information content (AvgIpc) is 3.64. The van der Waals surface area contributed by atoms with Crippen LogP contribution in [0.1, 0.15) is 55.5 Å². The highest BCUT2D eigenvalue weighted by molar-refractivity contribution is 7.78. The maximum atomic E-state index is 13.1. The highest BCUT2D eigenvalue weighted by Crippen LogP contribution is 2.56. The van der Waals surface area contributed by atoms with Crippen LogP contribution in [0.4, 0.5) is 10.1 Å². The molecule has 0 atom stereocenters. The first-order valence-corrected chi connectivity index (χ1v) is 12.8. The van der Waals surface area contributed by atoms with Gasteiger partial charge < -0.3 is 14.5 Å². The van der Waals surface area contributed by atoms with Gasteiger partial charge in [-0.15, -0.1) is 0 Å². The van der Waals surface area contributed by atoms with Crippen molar-refractivity contribution in [1.82, 2.24) is 4.72 Å². The minimum Gasteiger partial charge on any atom is -0.457 e. The van der Waals surface area contributed by atoms with Crippen LogP contribution in [0.25, 0.3) is 22.3 Å². The predicted octanol–water partition coefficient (Wildman–Crippen LogP) is 7.87. The summed E-state index contributed by atoms with van der Waals surface area (Å²) in [7, 11) is 0. The van der Waals surface area contributed by atoms with Crippen molar-refractivity contribution in [2.45, 2.75) is 44.9 Å². The predicted molar refractivity (Wildman–Crippen MR) is 145 cm³/mol. The number of anilines is 1. The zero-order valence-corrected chi connectivity index (χ0v) is 21.3. The van der Waals surface area contributed by atoms with Crippen molar-refractivity contribution in [3.8, 4) is 22.8 Å². The molecule has 2 aliphatic rings. The summed E-state index contributed by atoms with van der Waals surface area (Å²) in [5.74, 6) is 0.993.